The van der Waals surface area contributed by atoms with E-state index >= 15 is 0 Å². The Labute approximate surface area is 111 Å². The van der Waals surface area contributed by atoms with Crippen LogP contribution in [0.25, 0.3) is 0 Å². The fourth-order valence-corrected chi connectivity index (χ4v) is 1.94. The molecule has 0 spiro atoms. The highest BCUT2D eigenvalue weighted by atomic mass is 35.5. The molecule has 0 aliphatic carbocycles. The van der Waals surface area contributed by atoms with Crippen LogP contribution in [0.2, 0.25) is 5.15 Å². The van der Waals surface area contributed by atoms with E-state index in [-0.39, 0.29) is 11.2 Å². The Bertz CT molecular complexity index is 369. The van der Waals surface area contributed by atoms with Crippen LogP contribution in [0, 0.1) is 5.92 Å². The van der Waals surface area contributed by atoms with Crippen molar-refractivity contribution in [3.05, 3.63) is 17.3 Å². The average Bonchev–Trinajstić information content (AvgIpc) is 2.28. The third kappa shape index (κ3) is 5.37. The summed E-state index contributed by atoms with van der Waals surface area (Å²) >= 11 is 7.00. The molecule has 1 heterocycles. The number of nitrogens with one attached hydrogen (secondary N) is 1. The molecule has 6 heteroatoms. The van der Waals surface area contributed by atoms with Gasteiger partial charge in [0.1, 0.15) is 5.03 Å². The van der Waals surface area contributed by atoms with Crippen LogP contribution >= 0.6 is 23.4 Å². The van der Waals surface area contributed by atoms with Crippen molar-refractivity contribution in [2.45, 2.75) is 31.0 Å². The Hall–Kier alpha value is -0.810. The van der Waals surface area contributed by atoms with Gasteiger partial charge in [-0.1, -0.05) is 37.2 Å². The molecule has 1 N–H and O–H groups in total. The van der Waals surface area contributed by atoms with Crippen molar-refractivity contribution in [2.75, 3.05) is 6.54 Å². The maximum absolute atomic E-state index is 11.7. The van der Waals surface area contributed by atoms with E-state index in [9.17, 15) is 4.79 Å². The first-order valence-corrected chi connectivity index (χ1v) is 6.68. The number of carbonyl (C=O) groups is 1. The average molecular weight is 274 g/mol. The Morgan fingerprint density at radius 1 is 1.41 bits per heavy atom. The summed E-state index contributed by atoms with van der Waals surface area (Å²) in [5, 5.41) is 11.4. The summed E-state index contributed by atoms with van der Waals surface area (Å²) in [7, 11) is 0. The Morgan fingerprint density at radius 2 is 2.12 bits per heavy atom. The topological polar surface area (TPSA) is 54.9 Å². The SMILES string of the molecule is CC(C)CNC(=O)C(C)Sc1ccc(Cl)nn1. The van der Waals surface area contributed by atoms with Gasteiger partial charge in [-0.25, -0.2) is 0 Å². The third-order valence-electron chi connectivity index (χ3n) is 1.96. The van der Waals surface area contributed by atoms with Gasteiger partial charge in [0.2, 0.25) is 5.91 Å². The van der Waals surface area contributed by atoms with Crippen LogP contribution in [-0.4, -0.2) is 27.9 Å². The maximum atomic E-state index is 11.7. The second-order valence-corrected chi connectivity index (χ2v) is 5.84. The van der Waals surface area contributed by atoms with Gasteiger partial charge in [0.05, 0.1) is 5.25 Å². The Kier molecular flexibility index (Phi) is 5.71. The minimum atomic E-state index is -0.191. The predicted molar refractivity (Wildman–Crippen MR) is 70.2 cm³/mol. The molecule has 0 saturated heterocycles. The first kappa shape index (κ1) is 14.3. The van der Waals surface area contributed by atoms with Crippen molar-refractivity contribution in [2.24, 2.45) is 5.92 Å². The molecular weight excluding hydrogens is 258 g/mol. The summed E-state index contributed by atoms with van der Waals surface area (Å²) in [6.07, 6.45) is 0. The fourth-order valence-electron chi connectivity index (χ4n) is 1.05. The van der Waals surface area contributed by atoms with Crippen LogP contribution in [0.1, 0.15) is 20.8 Å². The molecular formula is C11H16ClN3OS. The second kappa shape index (κ2) is 6.81. The zero-order valence-corrected chi connectivity index (χ0v) is 11.7. The van der Waals surface area contributed by atoms with Gasteiger partial charge in [0.25, 0.3) is 0 Å². The van der Waals surface area contributed by atoms with Gasteiger partial charge in [0.15, 0.2) is 5.15 Å². The van der Waals surface area contributed by atoms with E-state index < -0.39 is 0 Å². The molecule has 0 aliphatic heterocycles. The van der Waals surface area contributed by atoms with Gasteiger partial charge in [-0.3, -0.25) is 4.79 Å². The molecule has 17 heavy (non-hydrogen) atoms. The van der Waals surface area contributed by atoms with Crippen molar-refractivity contribution in [3.8, 4) is 0 Å². The first-order chi connectivity index (χ1) is 7.99. The zero-order chi connectivity index (χ0) is 12.8. The number of nitrogens with zero attached hydrogens (tertiary/aromatic N) is 2. The Morgan fingerprint density at radius 3 is 2.65 bits per heavy atom. The molecule has 0 saturated carbocycles. The standard InChI is InChI=1S/C11H16ClN3OS/c1-7(2)6-13-11(16)8(3)17-10-5-4-9(12)14-15-10/h4-5,7-8H,6H2,1-3H3,(H,13,16). The van der Waals surface area contributed by atoms with Crippen LogP contribution in [-0.2, 0) is 4.79 Å². The van der Waals surface area contributed by atoms with Gasteiger partial charge in [-0.15, -0.1) is 10.2 Å². The highest BCUT2D eigenvalue weighted by Crippen LogP contribution is 2.21. The highest BCUT2D eigenvalue weighted by Gasteiger charge is 2.15. The molecule has 1 aromatic heterocycles. The number of hydrogen-bond acceptors (Lipinski definition) is 4. The van der Waals surface area contributed by atoms with Gasteiger partial charge in [-0.05, 0) is 25.0 Å². The molecule has 1 rings (SSSR count). The predicted octanol–water partition coefficient (Wildman–Crippen LogP) is 2.38. The summed E-state index contributed by atoms with van der Waals surface area (Å²) in [5.41, 5.74) is 0. The molecule has 1 amide bonds. The number of thioether (sulfide) groups is 1. The van der Waals surface area contributed by atoms with Gasteiger partial charge < -0.3 is 5.32 Å². The van der Waals surface area contributed by atoms with E-state index in [4.69, 9.17) is 11.6 Å². The summed E-state index contributed by atoms with van der Waals surface area (Å²) in [5.74, 6) is 0.465. The summed E-state index contributed by atoms with van der Waals surface area (Å²) in [6.45, 7) is 6.65. The number of hydrogen-bond donors (Lipinski definition) is 1. The van der Waals surface area contributed by atoms with Crippen LogP contribution < -0.4 is 5.32 Å². The lowest BCUT2D eigenvalue weighted by atomic mass is 10.2. The van der Waals surface area contributed by atoms with E-state index in [1.807, 2.05) is 6.92 Å². The third-order valence-corrected chi connectivity index (χ3v) is 3.19. The van der Waals surface area contributed by atoms with Crippen molar-refractivity contribution in [3.63, 3.8) is 0 Å². The number of rotatable bonds is 5. The molecule has 94 valence electrons. The van der Waals surface area contributed by atoms with Crippen molar-refractivity contribution < 1.29 is 4.79 Å². The number of amides is 1. The van der Waals surface area contributed by atoms with E-state index in [0.717, 1.165) is 0 Å². The smallest absolute Gasteiger partial charge is 0.233 e. The lowest BCUT2D eigenvalue weighted by molar-refractivity contribution is -0.120. The van der Waals surface area contributed by atoms with Crippen LogP contribution in [0.3, 0.4) is 0 Å². The largest absolute Gasteiger partial charge is 0.355 e. The van der Waals surface area contributed by atoms with E-state index in [0.29, 0.717) is 22.6 Å². The molecule has 0 bridgehead atoms. The van der Waals surface area contributed by atoms with Gasteiger partial charge in [-0.2, -0.15) is 0 Å². The molecule has 0 radical (unpaired) electrons. The van der Waals surface area contributed by atoms with Gasteiger partial charge >= 0.3 is 0 Å². The molecule has 0 fully saturated rings. The van der Waals surface area contributed by atoms with Crippen LogP contribution in [0.15, 0.2) is 17.2 Å². The maximum Gasteiger partial charge on any atom is 0.233 e. The number of carbonyl (C=O) groups excluding carboxylic acids is 1. The van der Waals surface area contributed by atoms with Crippen LogP contribution in [0.5, 0.6) is 0 Å². The normalized spacial score (nSPS) is 12.5. The van der Waals surface area contributed by atoms with E-state index in [2.05, 4.69) is 29.4 Å². The van der Waals surface area contributed by atoms with Crippen molar-refractivity contribution in [1.29, 1.82) is 0 Å². The van der Waals surface area contributed by atoms with Crippen LogP contribution in [0.4, 0.5) is 0 Å². The lowest BCUT2D eigenvalue weighted by Crippen LogP contribution is -2.33. The summed E-state index contributed by atoms with van der Waals surface area (Å²) in [6, 6.07) is 3.42. The molecule has 1 atom stereocenters. The van der Waals surface area contributed by atoms with E-state index in [1.54, 1.807) is 12.1 Å². The minimum Gasteiger partial charge on any atom is -0.355 e. The molecule has 0 aromatic carbocycles. The van der Waals surface area contributed by atoms with Crippen molar-refractivity contribution in [1.82, 2.24) is 15.5 Å². The quantitative estimate of drug-likeness (QED) is 0.837. The van der Waals surface area contributed by atoms with Crippen molar-refractivity contribution >= 4 is 29.3 Å². The first-order valence-electron chi connectivity index (χ1n) is 5.42. The van der Waals surface area contributed by atoms with E-state index in [1.165, 1.54) is 11.8 Å². The van der Waals surface area contributed by atoms with Gasteiger partial charge in [0, 0.05) is 6.54 Å². The monoisotopic (exact) mass is 273 g/mol. The molecule has 1 aromatic rings. The molecule has 0 aliphatic rings. The lowest BCUT2D eigenvalue weighted by Gasteiger charge is -2.12. The minimum absolute atomic E-state index is 0.0143. The molecule has 1 unspecified atom stereocenters. The summed E-state index contributed by atoms with van der Waals surface area (Å²) in [4.78, 5) is 11.7. The summed E-state index contributed by atoms with van der Waals surface area (Å²) < 4.78 is 0. The second-order valence-electron chi connectivity index (χ2n) is 4.09. The molecule has 4 nitrogen and oxygen atoms in total. The number of halogens is 1. The Balaban J connectivity index is 2.45. The fraction of sp³-hybridized carbons (Fsp3) is 0.545. The highest BCUT2D eigenvalue weighted by molar-refractivity contribution is 8.00. The zero-order valence-electron chi connectivity index (χ0n) is 10.1. The number of aromatic nitrogens is 2.